The van der Waals surface area contributed by atoms with Gasteiger partial charge in [-0.1, -0.05) is 32.6 Å². The predicted molar refractivity (Wildman–Crippen MR) is 191 cm³/mol. The van der Waals surface area contributed by atoms with Crippen molar-refractivity contribution >= 4 is 5.97 Å². The van der Waals surface area contributed by atoms with Gasteiger partial charge in [0.25, 0.3) is 0 Å². The van der Waals surface area contributed by atoms with Gasteiger partial charge in [-0.25, -0.2) is 0 Å². The van der Waals surface area contributed by atoms with Crippen LogP contribution in [-0.4, -0.2) is 184 Å². The zero-order chi connectivity index (χ0) is 36.8. The highest BCUT2D eigenvalue weighted by atomic mass is 16.6. The summed E-state index contributed by atoms with van der Waals surface area (Å²) in [6.45, 7) is 17.8. The third-order valence-electron chi connectivity index (χ3n) is 6.61. The number of rotatable bonds is 46. The number of hydrogen-bond acceptors (Lipinski definition) is 15. The summed E-state index contributed by atoms with van der Waals surface area (Å²) in [5.41, 5.74) is 0. The molecule has 0 aliphatic heterocycles. The second kappa shape index (κ2) is 47.0. The van der Waals surface area contributed by atoms with Crippen LogP contribution in [0, 0.1) is 0 Å². The molecular weight excluding hydrogens is 672 g/mol. The van der Waals surface area contributed by atoms with Crippen LogP contribution in [0.15, 0.2) is 0 Å². The zero-order valence-electron chi connectivity index (χ0n) is 32.0. The minimum absolute atomic E-state index is 0.251. The summed E-state index contributed by atoms with van der Waals surface area (Å²) in [7, 11) is 0. The SMILES string of the molecule is CCCCCCCOCCOCCOCCOCCOCCOCCOCCOCCOCCOCCOCCOCCOCCC(=O)OCC. The average molecular weight is 745 g/mol. The van der Waals surface area contributed by atoms with Crippen molar-refractivity contribution in [2.45, 2.75) is 52.4 Å². The molecule has 0 unspecified atom stereocenters. The number of carbonyl (C=O) groups excluding carboxylic acids is 1. The topological polar surface area (TPSA) is 146 Å². The number of esters is 1. The van der Waals surface area contributed by atoms with Gasteiger partial charge < -0.3 is 66.3 Å². The fraction of sp³-hybridized carbons (Fsp3) is 0.972. The highest BCUT2D eigenvalue weighted by Crippen LogP contribution is 2.02. The molecule has 0 bridgehead atoms. The van der Waals surface area contributed by atoms with Crippen molar-refractivity contribution in [3.63, 3.8) is 0 Å². The lowest BCUT2D eigenvalue weighted by Gasteiger charge is -2.09. The predicted octanol–water partition coefficient (Wildman–Crippen LogP) is 3.13. The van der Waals surface area contributed by atoms with Crippen LogP contribution in [0.2, 0.25) is 0 Å². The number of unbranched alkanes of at least 4 members (excludes halogenated alkanes) is 4. The zero-order valence-corrected chi connectivity index (χ0v) is 32.0. The van der Waals surface area contributed by atoms with Gasteiger partial charge in [0.15, 0.2) is 0 Å². The van der Waals surface area contributed by atoms with Crippen LogP contribution in [0.25, 0.3) is 0 Å². The Morgan fingerprint density at radius 2 is 0.529 bits per heavy atom. The van der Waals surface area contributed by atoms with E-state index < -0.39 is 0 Å². The quantitative estimate of drug-likeness (QED) is 0.0664. The van der Waals surface area contributed by atoms with E-state index in [4.69, 9.17) is 66.3 Å². The maximum atomic E-state index is 11.2. The highest BCUT2D eigenvalue weighted by molar-refractivity contribution is 5.69. The van der Waals surface area contributed by atoms with E-state index in [1.54, 1.807) is 6.92 Å². The summed E-state index contributed by atoms with van der Waals surface area (Å²) in [6.07, 6.45) is 6.52. The molecule has 0 spiro atoms. The van der Waals surface area contributed by atoms with Crippen LogP contribution in [0.5, 0.6) is 0 Å². The Morgan fingerprint density at radius 1 is 0.294 bits per heavy atom. The van der Waals surface area contributed by atoms with Crippen molar-refractivity contribution in [2.24, 2.45) is 0 Å². The normalized spacial score (nSPS) is 11.5. The van der Waals surface area contributed by atoms with E-state index in [-0.39, 0.29) is 12.4 Å². The molecular formula is C36H72O15. The van der Waals surface area contributed by atoms with Gasteiger partial charge in [-0.15, -0.1) is 0 Å². The molecule has 0 aliphatic rings. The summed E-state index contributed by atoms with van der Waals surface area (Å²) in [5.74, 6) is -0.251. The molecule has 51 heavy (non-hydrogen) atoms. The van der Waals surface area contributed by atoms with Crippen LogP contribution in [0.1, 0.15) is 52.4 Å². The van der Waals surface area contributed by atoms with Gasteiger partial charge in [-0.05, 0) is 13.3 Å². The fourth-order valence-electron chi connectivity index (χ4n) is 3.94. The van der Waals surface area contributed by atoms with E-state index >= 15 is 0 Å². The Morgan fingerprint density at radius 3 is 0.784 bits per heavy atom. The molecule has 0 aromatic rings. The summed E-state index contributed by atoms with van der Waals surface area (Å²) >= 11 is 0. The Labute approximate surface area is 307 Å². The number of ether oxygens (including phenoxy) is 14. The second-order valence-corrected chi connectivity index (χ2v) is 10.9. The van der Waals surface area contributed by atoms with Crippen LogP contribution in [-0.2, 0) is 71.1 Å². The van der Waals surface area contributed by atoms with Crippen LogP contribution >= 0.6 is 0 Å². The van der Waals surface area contributed by atoms with Crippen molar-refractivity contribution in [3.05, 3.63) is 0 Å². The third kappa shape index (κ3) is 46.9. The summed E-state index contributed by atoms with van der Waals surface area (Å²) in [5, 5.41) is 0. The molecule has 0 N–H and O–H groups in total. The van der Waals surface area contributed by atoms with Gasteiger partial charge in [0.05, 0.1) is 178 Å². The van der Waals surface area contributed by atoms with Gasteiger partial charge in [-0.3, -0.25) is 4.79 Å². The molecule has 15 nitrogen and oxygen atoms in total. The molecule has 0 aliphatic carbocycles. The molecule has 0 saturated heterocycles. The lowest BCUT2D eigenvalue weighted by atomic mass is 10.2. The molecule has 0 amide bonds. The van der Waals surface area contributed by atoms with Crippen LogP contribution in [0.4, 0.5) is 0 Å². The molecule has 0 aromatic carbocycles. The molecule has 306 valence electrons. The van der Waals surface area contributed by atoms with E-state index in [1.807, 2.05) is 0 Å². The van der Waals surface area contributed by atoms with Gasteiger partial charge in [-0.2, -0.15) is 0 Å². The Kier molecular flexibility index (Phi) is 46.0. The van der Waals surface area contributed by atoms with E-state index in [9.17, 15) is 4.79 Å². The Balaban J connectivity index is 3.06. The van der Waals surface area contributed by atoms with Crippen molar-refractivity contribution < 1.29 is 71.1 Å². The first-order valence-electron chi connectivity index (χ1n) is 19.0. The van der Waals surface area contributed by atoms with Crippen LogP contribution in [0.3, 0.4) is 0 Å². The van der Waals surface area contributed by atoms with E-state index in [0.29, 0.717) is 172 Å². The molecule has 0 saturated carbocycles. The molecule has 15 heteroatoms. The maximum Gasteiger partial charge on any atom is 0.308 e. The van der Waals surface area contributed by atoms with Gasteiger partial charge in [0.2, 0.25) is 0 Å². The van der Waals surface area contributed by atoms with E-state index in [0.717, 1.165) is 13.0 Å². The number of carbonyl (C=O) groups is 1. The second-order valence-electron chi connectivity index (χ2n) is 10.9. The van der Waals surface area contributed by atoms with Crippen molar-refractivity contribution in [1.82, 2.24) is 0 Å². The third-order valence-corrected chi connectivity index (χ3v) is 6.61. The van der Waals surface area contributed by atoms with Gasteiger partial charge in [0, 0.05) is 6.61 Å². The molecule has 0 radical (unpaired) electrons. The summed E-state index contributed by atoms with van der Waals surface area (Å²) in [4.78, 5) is 11.2. The number of hydrogen-bond donors (Lipinski definition) is 0. The highest BCUT2D eigenvalue weighted by Gasteiger charge is 2.01. The Bertz CT molecular complexity index is 648. The molecule has 0 fully saturated rings. The first kappa shape index (κ1) is 49.9. The first-order valence-corrected chi connectivity index (χ1v) is 19.0. The average Bonchev–Trinajstić information content (AvgIpc) is 3.13. The minimum Gasteiger partial charge on any atom is -0.466 e. The van der Waals surface area contributed by atoms with E-state index in [2.05, 4.69) is 6.92 Å². The summed E-state index contributed by atoms with van der Waals surface area (Å²) in [6, 6.07) is 0. The van der Waals surface area contributed by atoms with Crippen molar-refractivity contribution in [1.29, 1.82) is 0 Å². The molecule has 0 heterocycles. The Hall–Kier alpha value is -1.05. The lowest BCUT2D eigenvalue weighted by molar-refractivity contribution is -0.144. The van der Waals surface area contributed by atoms with Gasteiger partial charge >= 0.3 is 5.97 Å². The molecule has 0 atom stereocenters. The monoisotopic (exact) mass is 744 g/mol. The van der Waals surface area contributed by atoms with Crippen molar-refractivity contribution in [2.75, 3.05) is 178 Å². The first-order chi connectivity index (χ1) is 25.3. The van der Waals surface area contributed by atoms with Crippen molar-refractivity contribution in [3.8, 4) is 0 Å². The fourth-order valence-corrected chi connectivity index (χ4v) is 3.94. The molecule has 0 rings (SSSR count). The largest absolute Gasteiger partial charge is 0.466 e. The minimum atomic E-state index is -0.251. The standard InChI is InChI=1S/C36H72O15/c1-3-5-6-7-8-10-38-12-14-40-16-18-42-20-22-44-24-26-46-28-30-48-32-34-50-35-33-49-31-29-47-27-25-45-23-21-43-19-17-41-15-13-39-11-9-36(37)51-4-2/h3-35H2,1-2H3. The molecule has 0 aromatic heterocycles. The maximum absolute atomic E-state index is 11.2. The lowest BCUT2D eigenvalue weighted by Crippen LogP contribution is -2.15. The van der Waals surface area contributed by atoms with Gasteiger partial charge in [0.1, 0.15) is 0 Å². The smallest absolute Gasteiger partial charge is 0.308 e. The summed E-state index contributed by atoms with van der Waals surface area (Å²) < 4.78 is 75.9. The van der Waals surface area contributed by atoms with E-state index in [1.165, 1.54) is 25.7 Å². The van der Waals surface area contributed by atoms with Crippen LogP contribution < -0.4 is 0 Å².